The van der Waals surface area contributed by atoms with Gasteiger partial charge in [0, 0.05) is 55.1 Å². The molecule has 29 heteroatoms. The van der Waals surface area contributed by atoms with E-state index in [9.17, 15) is 57.9 Å². The molecule has 1 aliphatic carbocycles. The number of nitrogens with one attached hydrogen (secondary N) is 1. The standard InChI is InChI=1S/C30H33F3N10O.3C2HF3O2/c31-30(32,33)28-39-21(16-41-11-1-2-12-41)13-25(40-28)44-23-5-3-22(4-6-23)42-17-29(18-42,8-9-34)43-15-20(14-38-43)26-24-7-10-35-27(24)37-19-36-26;3*3-2(4,5)1(6)7/h7,10,13-15,19,22-23H,1-6,8,11-12,16-18H2,(H,35,36,37);3*(H,6,7). The first-order chi connectivity index (χ1) is 30.1. The number of aromatic amines is 1. The summed E-state index contributed by atoms with van der Waals surface area (Å²) in [5.74, 6) is -9.42. The number of rotatable bonds is 8. The number of halogens is 12. The zero-order valence-corrected chi connectivity index (χ0v) is 33.1. The number of carbonyl (C=O) groups is 3. The van der Waals surface area contributed by atoms with Crippen LogP contribution in [-0.4, -0.2) is 135 Å². The van der Waals surface area contributed by atoms with Gasteiger partial charge in [0.15, 0.2) is 0 Å². The number of carboxylic acids is 3. The second kappa shape index (κ2) is 20.7. The Morgan fingerprint density at radius 1 is 0.846 bits per heavy atom. The van der Waals surface area contributed by atoms with Gasteiger partial charge in [-0.15, -0.1) is 0 Å². The zero-order valence-electron chi connectivity index (χ0n) is 33.1. The van der Waals surface area contributed by atoms with Gasteiger partial charge in [-0.25, -0.2) is 29.3 Å². The van der Waals surface area contributed by atoms with Crippen LogP contribution in [0.3, 0.4) is 0 Å². The number of carboxylic acid groups (broad SMARTS) is 3. The molecule has 0 bridgehead atoms. The van der Waals surface area contributed by atoms with Crippen molar-refractivity contribution in [1.29, 1.82) is 5.26 Å². The van der Waals surface area contributed by atoms with Crippen molar-refractivity contribution in [2.24, 2.45) is 0 Å². The first-order valence-electron chi connectivity index (χ1n) is 18.8. The normalized spacial score (nSPS) is 18.9. The highest BCUT2D eigenvalue weighted by atomic mass is 19.4. The fourth-order valence-corrected chi connectivity index (χ4v) is 6.87. The van der Waals surface area contributed by atoms with Crippen LogP contribution in [-0.2, 0) is 32.6 Å². The van der Waals surface area contributed by atoms with Gasteiger partial charge in [-0.2, -0.15) is 68.0 Å². The lowest BCUT2D eigenvalue weighted by molar-refractivity contribution is -0.193. The fraction of sp³-hybridized carbons (Fsp3) is 0.528. The van der Waals surface area contributed by atoms with Crippen LogP contribution in [0, 0.1) is 11.3 Å². The minimum Gasteiger partial charge on any atom is -0.475 e. The maximum absolute atomic E-state index is 13.6. The van der Waals surface area contributed by atoms with Crippen LogP contribution in [0.5, 0.6) is 5.88 Å². The Balaban J connectivity index is 0.000000366. The Morgan fingerprint density at radius 3 is 1.91 bits per heavy atom. The van der Waals surface area contributed by atoms with Crippen LogP contribution in [0.25, 0.3) is 22.3 Å². The van der Waals surface area contributed by atoms with E-state index >= 15 is 0 Å². The Hall–Kier alpha value is -6.31. The number of alkyl halides is 12. The van der Waals surface area contributed by atoms with E-state index in [1.54, 1.807) is 12.3 Å². The summed E-state index contributed by atoms with van der Waals surface area (Å²) in [5.41, 5.74) is 2.33. The van der Waals surface area contributed by atoms with Crippen molar-refractivity contribution >= 4 is 28.9 Å². The van der Waals surface area contributed by atoms with E-state index in [2.05, 4.69) is 45.9 Å². The van der Waals surface area contributed by atoms with Crippen molar-refractivity contribution < 1.29 is 87.1 Å². The summed E-state index contributed by atoms with van der Waals surface area (Å²) in [4.78, 5) is 50.5. The predicted octanol–water partition coefficient (Wildman–Crippen LogP) is 6.44. The predicted molar refractivity (Wildman–Crippen MR) is 194 cm³/mol. The molecule has 2 saturated heterocycles. The lowest BCUT2D eigenvalue weighted by Crippen LogP contribution is -2.65. The molecule has 0 amide bonds. The van der Waals surface area contributed by atoms with Crippen molar-refractivity contribution in [3.05, 3.63) is 48.6 Å². The largest absolute Gasteiger partial charge is 0.490 e. The molecule has 0 radical (unpaired) electrons. The highest BCUT2D eigenvalue weighted by molar-refractivity contribution is 5.90. The molecule has 0 aromatic carbocycles. The van der Waals surface area contributed by atoms with Crippen molar-refractivity contribution in [3.8, 4) is 23.2 Å². The van der Waals surface area contributed by atoms with Gasteiger partial charge in [-0.1, -0.05) is 0 Å². The number of ether oxygens (including phenoxy) is 1. The summed E-state index contributed by atoms with van der Waals surface area (Å²) in [6.45, 7) is 3.47. The second-order valence-corrected chi connectivity index (χ2v) is 14.6. The van der Waals surface area contributed by atoms with Crippen molar-refractivity contribution in [3.63, 3.8) is 0 Å². The van der Waals surface area contributed by atoms with E-state index < -0.39 is 54.0 Å². The summed E-state index contributed by atoms with van der Waals surface area (Å²) in [5, 5.41) is 36.6. The highest BCUT2D eigenvalue weighted by Gasteiger charge is 2.48. The molecule has 3 aliphatic rings. The lowest BCUT2D eigenvalue weighted by atomic mass is 9.82. The van der Waals surface area contributed by atoms with E-state index in [4.69, 9.17) is 34.4 Å². The third-order valence-electron chi connectivity index (χ3n) is 9.87. The Kier molecular flexibility index (Phi) is 16.3. The van der Waals surface area contributed by atoms with Crippen LogP contribution in [0.2, 0.25) is 0 Å². The maximum Gasteiger partial charge on any atom is 0.490 e. The SMILES string of the molecule is N#CCC1(n2cc(-c3ncnc4[nH]ccc34)cn2)CN(C2CCC(Oc3cc(CN4CCCC4)nc(C(F)(F)F)n3)CC2)C1.O=C(O)C(F)(F)F.O=C(O)C(F)(F)F.O=C(O)C(F)(F)F. The van der Waals surface area contributed by atoms with E-state index in [0.717, 1.165) is 61.1 Å². The number of aromatic nitrogens is 7. The number of aliphatic carboxylic acids is 3. The number of likely N-dealkylation sites (tertiary alicyclic amines) is 2. The van der Waals surface area contributed by atoms with E-state index in [1.807, 2.05) is 23.1 Å². The Morgan fingerprint density at radius 2 is 1.40 bits per heavy atom. The molecule has 4 aromatic rings. The molecule has 356 valence electrons. The first-order valence-corrected chi connectivity index (χ1v) is 18.8. The molecular weight excluding hydrogens is 912 g/mol. The monoisotopic (exact) mass is 948 g/mol. The van der Waals surface area contributed by atoms with Gasteiger partial charge >= 0.3 is 42.6 Å². The average molecular weight is 949 g/mol. The molecule has 65 heavy (non-hydrogen) atoms. The summed E-state index contributed by atoms with van der Waals surface area (Å²) < 4.78 is 144. The molecule has 17 nitrogen and oxygen atoms in total. The van der Waals surface area contributed by atoms with Crippen LogP contribution < -0.4 is 4.74 Å². The molecule has 0 atom stereocenters. The molecule has 4 aromatic heterocycles. The van der Waals surface area contributed by atoms with E-state index in [-0.39, 0.29) is 12.0 Å². The molecule has 1 saturated carbocycles. The van der Waals surface area contributed by atoms with Crippen molar-refractivity contribution in [1.82, 2.24) is 44.5 Å². The van der Waals surface area contributed by atoms with Crippen LogP contribution in [0.1, 0.15) is 56.5 Å². The average Bonchev–Trinajstić information content (AvgIpc) is 3.99. The molecular formula is C36H36F12N10O7. The molecule has 0 unspecified atom stereocenters. The van der Waals surface area contributed by atoms with Gasteiger partial charge in [0.1, 0.15) is 23.6 Å². The number of nitrogens with zero attached hydrogens (tertiary/aromatic N) is 9. The van der Waals surface area contributed by atoms with Crippen molar-refractivity contribution in [2.45, 2.75) is 93.9 Å². The zero-order chi connectivity index (χ0) is 48.5. The van der Waals surface area contributed by atoms with Crippen molar-refractivity contribution in [2.75, 3.05) is 26.2 Å². The topological polar surface area (TPSA) is 237 Å². The summed E-state index contributed by atoms with van der Waals surface area (Å²) >= 11 is 0. The molecule has 4 N–H and O–H groups in total. The van der Waals surface area contributed by atoms with Crippen LogP contribution in [0.15, 0.2) is 37.1 Å². The second-order valence-electron chi connectivity index (χ2n) is 14.6. The minimum absolute atomic E-state index is 0.00273. The van der Waals surface area contributed by atoms with Gasteiger partial charge in [0.25, 0.3) is 0 Å². The molecule has 7 rings (SSSR count). The van der Waals surface area contributed by atoms with E-state index in [0.29, 0.717) is 50.6 Å². The maximum atomic E-state index is 13.6. The molecule has 3 fully saturated rings. The number of hydrogen-bond donors (Lipinski definition) is 4. The van der Waals surface area contributed by atoms with Crippen LogP contribution >= 0.6 is 0 Å². The smallest absolute Gasteiger partial charge is 0.475 e. The number of H-pyrrole nitrogens is 1. The third kappa shape index (κ3) is 14.3. The summed E-state index contributed by atoms with van der Waals surface area (Å²) in [6, 6.07) is 6.15. The van der Waals surface area contributed by atoms with Gasteiger partial charge in [-0.05, 0) is 57.7 Å². The van der Waals surface area contributed by atoms with Gasteiger partial charge < -0.3 is 25.0 Å². The quantitative estimate of drug-likeness (QED) is 0.139. The molecule has 6 heterocycles. The van der Waals surface area contributed by atoms with Gasteiger partial charge in [-0.3, -0.25) is 14.5 Å². The minimum atomic E-state index is -5.08. The third-order valence-corrected chi connectivity index (χ3v) is 9.87. The van der Waals surface area contributed by atoms with Gasteiger partial charge in [0.05, 0.1) is 30.1 Å². The lowest BCUT2D eigenvalue weighted by Gasteiger charge is -2.53. The number of hydrogen-bond acceptors (Lipinski definition) is 12. The molecule has 0 spiro atoms. The summed E-state index contributed by atoms with van der Waals surface area (Å²) in [7, 11) is 0. The molecule has 2 aliphatic heterocycles. The summed E-state index contributed by atoms with van der Waals surface area (Å²) in [6.07, 6.45) is -7.45. The fourth-order valence-electron chi connectivity index (χ4n) is 6.87. The van der Waals surface area contributed by atoms with E-state index in [1.165, 1.54) is 6.33 Å². The number of nitriles is 1. The van der Waals surface area contributed by atoms with Crippen LogP contribution in [0.4, 0.5) is 52.7 Å². The highest BCUT2D eigenvalue weighted by Crippen LogP contribution is 2.39. The number of fused-ring (bicyclic) bond motifs is 1. The Bertz CT molecular complexity index is 2230. The van der Waals surface area contributed by atoms with Gasteiger partial charge in [0.2, 0.25) is 11.7 Å². The first kappa shape index (κ1) is 51.3. The Labute approximate surface area is 357 Å².